The molecule has 1 aliphatic heterocycles. The fourth-order valence-electron chi connectivity index (χ4n) is 1.91. The van der Waals surface area contributed by atoms with Crippen LogP contribution in [0.4, 0.5) is 0 Å². The van der Waals surface area contributed by atoms with Crippen molar-refractivity contribution < 1.29 is 9.53 Å². The summed E-state index contributed by atoms with van der Waals surface area (Å²) >= 11 is 0. The molecule has 1 heterocycles. The quantitative estimate of drug-likeness (QED) is 0.525. The molecule has 2 aliphatic rings. The molecule has 0 amide bonds. The fraction of sp³-hybridized carbons (Fsp3) is 0.667. The Kier molecular flexibility index (Phi) is 1.57. The molecule has 1 fully saturated rings. The molecule has 0 N–H and O–H groups in total. The molecule has 11 heavy (non-hydrogen) atoms. The first kappa shape index (κ1) is 7.04. The Bertz CT molecular complexity index is 200. The zero-order valence-corrected chi connectivity index (χ0v) is 6.51. The molecule has 0 aromatic heterocycles. The van der Waals surface area contributed by atoms with Crippen molar-refractivity contribution in [2.45, 2.75) is 31.3 Å². The first-order valence-corrected chi connectivity index (χ1v) is 4.14. The number of ether oxygens (including phenoxy) is 1. The number of hydrogen-bond donors (Lipinski definition) is 0. The van der Waals surface area contributed by atoms with Crippen LogP contribution in [0.1, 0.15) is 25.7 Å². The Morgan fingerprint density at radius 1 is 1.55 bits per heavy atom. The first-order valence-electron chi connectivity index (χ1n) is 4.14. The maximum Gasteiger partial charge on any atom is 0.158 e. The second-order valence-electron chi connectivity index (χ2n) is 3.38. The van der Waals surface area contributed by atoms with Crippen LogP contribution in [0.15, 0.2) is 12.2 Å². The van der Waals surface area contributed by atoms with Gasteiger partial charge < -0.3 is 4.74 Å². The van der Waals surface area contributed by atoms with Crippen molar-refractivity contribution in [2.24, 2.45) is 0 Å². The molecule has 1 spiro atoms. The van der Waals surface area contributed by atoms with E-state index >= 15 is 0 Å². The number of ketones is 1. The molecule has 1 atom stereocenters. The van der Waals surface area contributed by atoms with Gasteiger partial charge in [0.25, 0.3) is 0 Å². The van der Waals surface area contributed by atoms with Crippen LogP contribution in [0.25, 0.3) is 0 Å². The summed E-state index contributed by atoms with van der Waals surface area (Å²) in [6.07, 6.45) is 7.32. The summed E-state index contributed by atoms with van der Waals surface area (Å²) in [5.74, 6) is 0.221. The van der Waals surface area contributed by atoms with Gasteiger partial charge in [0.1, 0.15) is 0 Å². The van der Waals surface area contributed by atoms with Crippen LogP contribution in [0.5, 0.6) is 0 Å². The average molecular weight is 152 g/mol. The lowest BCUT2D eigenvalue weighted by Crippen LogP contribution is -2.32. The topological polar surface area (TPSA) is 26.3 Å². The lowest BCUT2D eigenvalue weighted by Gasteiger charge is -2.28. The highest BCUT2D eigenvalue weighted by atomic mass is 16.5. The number of hydrogen-bond acceptors (Lipinski definition) is 2. The van der Waals surface area contributed by atoms with Crippen LogP contribution < -0.4 is 0 Å². The molecule has 0 saturated carbocycles. The lowest BCUT2D eigenvalue weighted by atomic mass is 9.86. The van der Waals surface area contributed by atoms with E-state index in [1.165, 1.54) is 0 Å². The molecule has 1 unspecified atom stereocenters. The van der Waals surface area contributed by atoms with Gasteiger partial charge in [0.15, 0.2) is 5.78 Å². The van der Waals surface area contributed by atoms with Gasteiger partial charge in [-0.05, 0) is 25.3 Å². The third-order valence-corrected chi connectivity index (χ3v) is 2.47. The minimum atomic E-state index is -0.0914. The summed E-state index contributed by atoms with van der Waals surface area (Å²) in [5, 5.41) is 0. The summed E-state index contributed by atoms with van der Waals surface area (Å²) in [6.45, 7) is 0.834. The van der Waals surface area contributed by atoms with Crippen LogP contribution in [0.2, 0.25) is 0 Å². The second kappa shape index (κ2) is 2.45. The van der Waals surface area contributed by atoms with Crippen LogP contribution in [0, 0.1) is 0 Å². The molecule has 0 bridgehead atoms. The summed E-state index contributed by atoms with van der Waals surface area (Å²) in [4.78, 5) is 11.1. The van der Waals surface area contributed by atoms with Crippen molar-refractivity contribution >= 4 is 5.78 Å². The third-order valence-electron chi connectivity index (χ3n) is 2.47. The average Bonchev–Trinajstić information content (AvgIpc) is 2.37. The Morgan fingerprint density at radius 3 is 3.09 bits per heavy atom. The number of allylic oxidation sites excluding steroid dienone is 1. The molecule has 2 nitrogen and oxygen atoms in total. The second-order valence-corrected chi connectivity index (χ2v) is 3.38. The van der Waals surface area contributed by atoms with Crippen molar-refractivity contribution in [3.63, 3.8) is 0 Å². The zero-order chi connectivity index (χ0) is 7.73. The Hall–Kier alpha value is -0.630. The standard InChI is InChI=1S/C9H12O2/c10-8-3-1-4-9(7-8)5-2-6-11-9/h1,3H,2,4-7H2. The first-order chi connectivity index (χ1) is 5.31. The minimum absolute atomic E-state index is 0.0914. The molecule has 1 saturated heterocycles. The van der Waals surface area contributed by atoms with E-state index in [4.69, 9.17) is 4.74 Å². The summed E-state index contributed by atoms with van der Waals surface area (Å²) in [5.41, 5.74) is -0.0914. The fourth-order valence-corrected chi connectivity index (χ4v) is 1.91. The van der Waals surface area contributed by atoms with Crippen molar-refractivity contribution in [1.82, 2.24) is 0 Å². The predicted molar refractivity (Wildman–Crippen MR) is 41.3 cm³/mol. The van der Waals surface area contributed by atoms with Gasteiger partial charge >= 0.3 is 0 Å². The van der Waals surface area contributed by atoms with Gasteiger partial charge in [-0.3, -0.25) is 4.79 Å². The van der Waals surface area contributed by atoms with Crippen LogP contribution >= 0.6 is 0 Å². The normalized spacial score (nSPS) is 36.9. The summed E-state index contributed by atoms with van der Waals surface area (Å²) < 4.78 is 5.58. The highest BCUT2D eigenvalue weighted by molar-refractivity contribution is 5.91. The van der Waals surface area contributed by atoms with Crippen molar-refractivity contribution in [3.8, 4) is 0 Å². The molecular formula is C9H12O2. The number of carbonyl (C=O) groups excluding carboxylic acids is 1. The molecule has 2 rings (SSSR count). The van der Waals surface area contributed by atoms with Gasteiger partial charge in [-0.25, -0.2) is 0 Å². The van der Waals surface area contributed by atoms with E-state index in [9.17, 15) is 4.79 Å². The lowest BCUT2D eigenvalue weighted by molar-refractivity contribution is -0.121. The molecular weight excluding hydrogens is 140 g/mol. The van der Waals surface area contributed by atoms with Crippen LogP contribution in [0.3, 0.4) is 0 Å². The predicted octanol–water partition coefficient (Wildman–Crippen LogP) is 1.45. The van der Waals surface area contributed by atoms with Crippen molar-refractivity contribution in [3.05, 3.63) is 12.2 Å². The summed E-state index contributed by atoms with van der Waals surface area (Å²) in [7, 11) is 0. The van der Waals surface area contributed by atoms with Gasteiger partial charge in [-0.15, -0.1) is 0 Å². The third kappa shape index (κ3) is 1.23. The van der Waals surface area contributed by atoms with Crippen LogP contribution in [-0.4, -0.2) is 18.0 Å². The number of carbonyl (C=O) groups is 1. The van der Waals surface area contributed by atoms with E-state index in [1.54, 1.807) is 6.08 Å². The Balaban J connectivity index is 2.15. The monoisotopic (exact) mass is 152 g/mol. The maximum atomic E-state index is 11.1. The Labute approximate surface area is 66.2 Å². The van der Waals surface area contributed by atoms with E-state index in [0.717, 1.165) is 25.9 Å². The molecule has 1 aliphatic carbocycles. The van der Waals surface area contributed by atoms with Gasteiger partial charge in [0, 0.05) is 13.0 Å². The molecule has 2 heteroatoms. The van der Waals surface area contributed by atoms with Gasteiger partial charge in [-0.1, -0.05) is 6.08 Å². The van der Waals surface area contributed by atoms with Crippen molar-refractivity contribution in [1.29, 1.82) is 0 Å². The summed E-state index contributed by atoms with van der Waals surface area (Å²) in [6, 6.07) is 0. The van der Waals surface area contributed by atoms with Gasteiger partial charge in [0.2, 0.25) is 0 Å². The van der Waals surface area contributed by atoms with Gasteiger partial charge in [0.05, 0.1) is 5.60 Å². The molecule has 0 aromatic carbocycles. The largest absolute Gasteiger partial charge is 0.374 e. The maximum absolute atomic E-state index is 11.1. The smallest absolute Gasteiger partial charge is 0.158 e. The van der Waals surface area contributed by atoms with E-state index < -0.39 is 0 Å². The zero-order valence-electron chi connectivity index (χ0n) is 6.51. The SMILES string of the molecule is O=C1C=CCC2(CCCO2)C1. The molecule has 0 aromatic rings. The van der Waals surface area contributed by atoms with E-state index in [1.807, 2.05) is 6.08 Å². The number of rotatable bonds is 0. The van der Waals surface area contributed by atoms with E-state index in [0.29, 0.717) is 6.42 Å². The van der Waals surface area contributed by atoms with Gasteiger partial charge in [-0.2, -0.15) is 0 Å². The van der Waals surface area contributed by atoms with E-state index in [2.05, 4.69) is 0 Å². The molecule has 0 radical (unpaired) electrons. The highest BCUT2D eigenvalue weighted by Gasteiger charge is 2.37. The van der Waals surface area contributed by atoms with E-state index in [-0.39, 0.29) is 11.4 Å². The minimum Gasteiger partial charge on any atom is -0.374 e. The highest BCUT2D eigenvalue weighted by Crippen LogP contribution is 2.35. The van der Waals surface area contributed by atoms with Crippen LogP contribution in [-0.2, 0) is 9.53 Å². The Morgan fingerprint density at radius 2 is 2.45 bits per heavy atom. The molecule has 60 valence electrons. The van der Waals surface area contributed by atoms with Crippen molar-refractivity contribution in [2.75, 3.05) is 6.61 Å².